The normalized spacial score (nSPS) is 17.5. The lowest BCUT2D eigenvalue weighted by molar-refractivity contribution is 0.141. The van der Waals surface area contributed by atoms with Crippen molar-refractivity contribution in [2.75, 3.05) is 26.8 Å². The van der Waals surface area contributed by atoms with Gasteiger partial charge in [-0.2, -0.15) is 0 Å². The Morgan fingerprint density at radius 3 is 2.89 bits per heavy atom. The van der Waals surface area contributed by atoms with Crippen LogP contribution in [0.1, 0.15) is 42.9 Å². The average molecular weight is 247 g/mol. The number of hydrogen-bond acceptors (Lipinski definition) is 2. The van der Waals surface area contributed by atoms with Crippen molar-refractivity contribution in [3.63, 3.8) is 0 Å². The summed E-state index contributed by atoms with van der Waals surface area (Å²) in [4.78, 5) is 2.49. The second-order valence-corrected chi connectivity index (χ2v) is 5.36. The van der Waals surface area contributed by atoms with Gasteiger partial charge in [0.25, 0.3) is 0 Å². The van der Waals surface area contributed by atoms with Gasteiger partial charge in [0, 0.05) is 26.7 Å². The first-order valence-electron chi connectivity index (χ1n) is 7.07. The third-order valence-electron chi connectivity index (χ3n) is 4.11. The second-order valence-electron chi connectivity index (χ2n) is 5.36. The summed E-state index contributed by atoms with van der Waals surface area (Å²) < 4.78 is 5.17. The first-order chi connectivity index (χ1) is 8.74. The Hall–Kier alpha value is -0.860. The zero-order valence-corrected chi connectivity index (χ0v) is 11.9. The number of rotatable bonds is 5. The number of nitrogens with zero attached hydrogens (tertiary/aromatic N) is 1. The molecule has 0 amide bonds. The van der Waals surface area contributed by atoms with Gasteiger partial charge in [0.2, 0.25) is 0 Å². The van der Waals surface area contributed by atoms with Gasteiger partial charge >= 0.3 is 0 Å². The van der Waals surface area contributed by atoms with Crippen molar-refractivity contribution in [2.24, 2.45) is 0 Å². The fourth-order valence-corrected chi connectivity index (χ4v) is 2.59. The Kier molecular flexibility index (Phi) is 4.79. The SMILES string of the molecule is CCC(C)c1ccc2c(c1)CN(CCOC)CC2. The lowest BCUT2D eigenvalue weighted by atomic mass is 9.91. The lowest BCUT2D eigenvalue weighted by Crippen LogP contribution is -2.33. The van der Waals surface area contributed by atoms with Gasteiger partial charge in [-0.1, -0.05) is 32.0 Å². The summed E-state index contributed by atoms with van der Waals surface area (Å²) in [5, 5.41) is 0. The molecule has 1 unspecified atom stereocenters. The maximum Gasteiger partial charge on any atom is 0.0589 e. The molecule has 2 rings (SSSR count). The quantitative estimate of drug-likeness (QED) is 0.792. The van der Waals surface area contributed by atoms with Crippen molar-refractivity contribution >= 4 is 0 Å². The molecule has 100 valence electrons. The van der Waals surface area contributed by atoms with Gasteiger partial charge in [-0.3, -0.25) is 4.90 Å². The van der Waals surface area contributed by atoms with Crippen LogP contribution in [-0.2, 0) is 17.7 Å². The molecule has 2 heteroatoms. The first-order valence-corrected chi connectivity index (χ1v) is 7.07. The molecule has 2 nitrogen and oxygen atoms in total. The summed E-state index contributed by atoms with van der Waals surface area (Å²) in [5.74, 6) is 0.671. The number of benzene rings is 1. The van der Waals surface area contributed by atoms with Crippen molar-refractivity contribution in [2.45, 2.75) is 39.2 Å². The van der Waals surface area contributed by atoms with Crippen LogP contribution in [-0.4, -0.2) is 31.7 Å². The maximum absolute atomic E-state index is 5.17. The Balaban J connectivity index is 2.09. The van der Waals surface area contributed by atoms with Crippen molar-refractivity contribution in [1.29, 1.82) is 0 Å². The van der Waals surface area contributed by atoms with E-state index >= 15 is 0 Å². The van der Waals surface area contributed by atoms with E-state index in [-0.39, 0.29) is 0 Å². The van der Waals surface area contributed by atoms with E-state index in [9.17, 15) is 0 Å². The second kappa shape index (κ2) is 6.35. The lowest BCUT2D eigenvalue weighted by Gasteiger charge is -2.29. The van der Waals surface area contributed by atoms with Gasteiger partial charge in [0.15, 0.2) is 0 Å². The van der Waals surface area contributed by atoms with Crippen LogP contribution in [0.4, 0.5) is 0 Å². The molecule has 0 saturated heterocycles. The summed E-state index contributed by atoms with van der Waals surface area (Å²) in [6, 6.07) is 7.07. The van der Waals surface area contributed by atoms with Crippen molar-refractivity contribution in [1.82, 2.24) is 4.90 Å². The van der Waals surface area contributed by atoms with E-state index in [0.717, 1.165) is 19.7 Å². The highest BCUT2D eigenvalue weighted by atomic mass is 16.5. The molecule has 0 bridgehead atoms. The molecular weight excluding hydrogens is 222 g/mol. The topological polar surface area (TPSA) is 12.5 Å². The summed E-state index contributed by atoms with van der Waals surface area (Å²) in [6.07, 6.45) is 2.39. The summed E-state index contributed by atoms with van der Waals surface area (Å²) in [6.45, 7) is 8.70. The van der Waals surface area contributed by atoms with E-state index in [4.69, 9.17) is 4.74 Å². The molecule has 0 aliphatic carbocycles. The summed E-state index contributed by atoms with van der Waals surface area (Å²) in [7, 11) is 1.78. The van der Waals surface area contributed by atoms with Crippen molar-refractivity contribution < 1.29 is 4.74 Å². The number of ether oxygens (including phenoxy) is 1. The third kappa shape index (κ3) is 3.12. The molecule has 0 spiro atoms. The Labute approximate surface area is 111 Å². The van der Waals surface area contributed by atoms with Gasteiger partial charge in [0.05, 0.1) is 6.61 Å². The summed E-state index contributed by atoms with van der Waals surface area (Å²) in [5.41, 5.74) is 4.55. The monoisotopic (exact) mass is 247 g/mol. The smallest absolute Gasteiger partial charge is 0.0589 e. The highest BCUT2D eigenvalue weighted by Gasteiger charge is 2.16. The molecule has 1 aliphatic heterocycles. The molecule has 1 aromatic carbocycles. The molecule has 0 radical (unpaired) electrons. The minimum Gasteiger partial charge on any atom is -0.383 e. The first kappa shape index (κ1) is 13.6. The highest BCUT2D eigenvalue weighted by molar-refractivity contribution is 5.35. The molecule has 18 heavy (non-hydrogen) atoms. The van der Waals surface area contributed by atoms with E-state index in [1.807, 2.05) is 0 Å². The minimum absolute atomic E-state index is 0.671. The highest BCUT2D eigenvalue weighted by Crippen LogP contribution is 2.25. The maximum atomic E-state index is 5.17. The van der Waals surface area contributed by atoms with Crippen molar-refractivity contribution in [3.05, 3.63) is 34.9 Å². The van der Waals surface area contributed by atoms with Gasteiger partial charge in [0.1, 0.15) is 0 Å². The molecule has 0 aromatic heterocycles. The fourth-order valence-electron chi connectivity index (χ4n) is 2.59. The Morgan fingerprint density at radius 2 is 2.17 bits per heavy atom. The van der Waals surface area contributed by atoms with Crippen molar-refractivity contribution in [3.8, 4) is 0 Å². The molecular formula is C16H25NO. The Bertz CT molecular complexity index is 389. The molecule has 1 heterocycles. The van der Waals surface area contributed by atoms with Crippen LogP contribution in [0.5, 0.6) is 0 Å². The number of fused-ring (bicyclic) bond motifs is 1. The predicted octanol–water partition coefficient (Wildman–Crippen LogP) is 3.20. The molecule has 0 fully saturated rings. The Morgan fingerprint density at radius 1 is 1.33 bits per heavy atom. The van der Waals surface area contributed by atoms with E-state index in [0.29, 0.717) is 5.92 Å². The van der Waals surface area contributed by atoms with E-state index in [1.54, 1.807) is 7.11 Å². The van der Waals surface area contributed by atoms with E-state index in [1.165, 1.54) is 36.1 Å². The van der Waals surface area contributed by atoms with E-state index < -0.39 is 0 Å². The van der Waals surface area contributed by atoms with Crippen LogP contribution in [0.3, 0.4) is 0 Å². The van der Waals surface area contributed by atoms with E-state index in [2.05, 4.69) is 36.9 Å². The van der Waals surface area contributed by atoms with Gasteiger partial charge in [-0.25, -0.2) is 0 Å². The number of hydrogen-bond donors (Lipinski definition) is 0. The van der Waals surface area contributed by atoms with Crippen LogP contribution in [0, 0.1) is 0 Å². The van der Waals surface area contributed by atoms with Crippen LogP contribution in [0.2, 0.25) is 0 Å². The molecule has 0 N–H and O–H groups in total. The predicted molar refractivity (Wildman–Crippen MR) is 76.0 cm³/mol. The average Bonchev–Trinajstić information content (AvgIpc) is 2.43. The van der Waals surface area contributed by atoms with Gasteiger partial charge in [-0.15, -0.1) is 0 Å². The number of methoxy groups -OCH3 is 1. The molecule has 1 atom stereocenters. The molecule has 1 aromatic rings. The van der Waals surface area contributed by atoms with Crippen LogP contribution >= 0.6 is 0 Å². The van der Waals surface area contributed by atoms with Crippen LogP contribution < -0.4 is 0 Å². The summed E-state index contributed by atoms with van der Waals surface area (Å²) >= 11 is 0. The largest absolute Gasteiger partial charge is 0.383 e. The fraction of sp³-hybridized carbons (Fsp3) is 0.625. The third-order valence-corrected chi connectivity index (χ3v) is 4.11. The van der Waals surface area contributed by atoms with Gasteiger partial charge < -0.3 is 4.74 Å². The van der Waals surface area contributed by atoms with Crippen LogP contribution in [0.25, 0.3) is 0 Å². The minimum atomic E-state index is 0.671. The standard InChI is InChI=1S/C16H25NO/c1-4-13(2)15-6-5-14-7-8-17(9-10-18-3)12-16(14)11-15/h5-6,11,13H,4,7-10,12H2,1-3H3. The zero-order chi connectivity index (χ0) is 13.0. The molecule has 0 saturated carbocycles. The molecule has 1 aliphatic rings. The van der Waals surface area contributed by atoms with Gasteiger partial charge in [-0.05, 0) is 35.4 Å². The van der Waals surface area contributed by atoms with Crippen LogP contribution in [0.15, 0.2) is 18.2 Å². The zero-order valence-electron chi connectivity index (χ0n) is 11.9.